The standard InChI is InChI=1S/C19H22N2O4S2/c1-14-8-9-18(26-14)27(23,24)20-10-4-5-15(13-20)19(22)21-11-12-25-17-7-3-2-6-16(17)21/h2-3,6-9,15H,4-5,10-13H2,1H3. The molecule has 1 aromatic carbocycles. The van der Waals surface area contributed by atoms with Crippen LogP contribution in [0.1, 0.15) is 17.7 Å². The number of nitrogens with zero attached hydrogens (tertiary/aromatic N) is 2. The molecule has 2 aromatic rings. The SMILES string of the molecule is Cc1ccc(S(=O)(=O)N2CCCC(C(=O)N3CCOc4ccccc43)C2)s1. The number of anilines is 1. The third-order valence-corrected chi connectivity index (χ3v) is 8.37. The maximum Gasteiger partial charge on any atom is 0.252 e. The summed E-state index contributed by atoms with van der Waals surface area (Å²) in [6.45, 7) is 3.53. The molecule has 27 heavy (non-hydrogen) atoms. The first-order valence-electron chi connectivity index (χ1n) is 9.06. The molecule has 8 heteroatoms. The Labute approximate surface area is 163 Å². The number of hydrogen-bond acceptors (Lipinski definition) is 5. The molecule has 6 nitrogen and oxygen atoms in total. The Morgan fingerprint density at radius 1 is 1.19 bits per heavy atom. The van der Waals surface area contributed by atoms with Gasteiger partial charge in [-0.1, -0.05) is 12.1 Å². The van der Waals surface area contributed by atoms with Crippen molar-refractivity contribution in [3.05, 3.63) is 41.3 Å². The van der Waals surface area contributed by atoms with Gasteiger partial charge in [0.15, 0.2) is 0 Å². The molecular formula is C19H22N2O4S2. The van der Waals surface area contributed by atoms with Gasteiger partial charge in [0, 0.05) is 18.0 Å². The van der Waals surface area contributed by atoms with Crippen molar-refractivity contribution in [3.63, 3.8) is 0 Å². The number of fused-ring (bicyclic) bond motifs is 1. The lowest BCUT2D eigenvalue weighted by Gasteiger charge is -2.36. The zero-order valence-corrected chi connectivity index (χ0v) is 16.8. The van der Waals surface area contributed by atoms with Gasteiger partial charge in [-0.3, -0.25) is 4.79 Å². The lowest BCUT2D eigenvalue weighted by Crippen LogP contribution is -2.48. The highest BCUT2D eigenvalue weighted by atomic mass is 32.2. The van der Waals surface area contributed by atoms with E-state index in [0.29, 0.717) is 42.5 Å². The Kier molecular flexibility index (Phi) is 4.96. The molecule has 0 saturated carbocycles. The molecule has 1 aromatic heterocycles. The summed E-state index contributed by atoms with van der Waals surface area (Å²) in [7, 11) is -3.54. The number of carbonyl (C=O) groups excluding carboxylic acids is 1. The van der Waals surface area contributed by atoms with Crippen LogP contribution in [-0.2, 0) is 14.8 Å². The van der Waals surface area contributed by atoms with E-state index in [1.807, 2.05) is 37.3 Å². The highest BCUT2D eigenvalue weighted by molar-refractivity contribution is 7.91. The van der Waals surface area contributed by atoms with E-state index in [1.165, 1.54) is 15.6 Å². The molecule has 144 valence electrons. The Morgan fingerprint density at radius 3 is 2.78 bits per heavy atom. The number of rotatable bonds is 3. The number of aryl methyl sites for hydroxylation is 1. The summed E-state index contributed by atoms with van der Waals surface area (Å²) in [4.78, 5) is 15.9. The van der Waals surface area contributed by atoms with Crippen LogP contribution in [0, 0.1) is 12.8 Å². The fraction of sp³-hybridized carbons (Fsp3) is 0.421. The highest BCUT2D eigenvalue weighted by Crippen LogP contribution is 2.34. The summed E-state index contributed by atoms with van der Waals surface area (Å²) in [6.07, 6.45) is 1.39. The molecule has 2 aliphatic rings. The van der Waals surface area contributed by atoms with Gasteiger partial charge in [0.05, 0.1) is 18.2 Å². The zero-order valence-electron chi connectivity index (χ0n) is 15.1. The van der Waals surface area contributed by atoms with Gasteiger partial charge in [0.25, 0.3) is 10.0 Å². The first kappa shape index (κ1) is 18.5. The van der Waals surface area contributed by atoms with Crippen molar-refractivity contribution in [2.75, 3.05) is 31.1 Å². The monoisotopic (exact) mass is 406 g/mol. The van der Waals surface area contributed by atoms with Crippen LogP contribution in [0.3, 0.4) is 0 Å². The number of carbonyl (C=O) groups is 1. The van der Waals surface area contributed by atoms with Crippen LogP contribution < -0.4 is 9.64 Å². The minimum Gasteiger partial charge on any atom is -0.490 e. The summed E-state index contributed by atoms with van der Waals surface area (Å²) in [5, 5.41) is 0. The van der Waals surface area contributed by atoms with Crippen LogP contribution in [0.5, 0.6) is 5.75 Å². The van der Waals surface area contributed by atoms with Crippen molar-refractivity contribution >= 4 is 33.0 Å². The van der Waals surface area contributed by atoms with E-state index in [2.05, 4.69) is 0 Å². The van der Waals surface area contributed by atoms with Crippen LogP contribution in [-0.4, -0.2) is 44.9 Å². The largest absolute Gasteiger partial charge is 0.490 e. The average Bonchev–Trinajstić information content (AvgIpc) is 3.14. The summed E-state index contributed by atoms with van der Waals surface area (Å²) in [5.74, 6) is 0.347. The van der Waals surface area contributed by atoms with Crippen molar-refractivity contribution in [1.29, 1.82) is 0 Å². The third kappa shape index (κ3) is 3.49. The highest BCUT2D eigenvalue weighted by Gasteiger charge is 2.37. The lowest BCUT2D eigenvalue weighted by atomic mass is 9.97. The number of ether oxygens (including phenoxy) is 1. The van der Waals surface area contributed by atoms with Gasteiger partial charge >= 0.3 is 0 Å². The molecule has 1 amide bonds. The van der Waals surface area contributed by atoms with Crippen molar-refractivity contribution in [1.82, 2.24) is 4.31 Å². The lowest BCUT2D eigenvalue weighted by molar-refractivity contribution is -0.123. The van der Waals surface area contributed by atoms with E-state index in [9.17, 15) is 13.2 Å². The van der Waals surface area contributed by atoms with Crippen LogP contribution in [0.15, 0.2) is 40.6 Å². The number of hydrogen-bond donors (Lipinski definition) is 0. The molecule has 0 radical (unpaired) electrons. The predicted octanol–water partition coefficient (Wildman–Crippen LogP) is 2.88. The van der Waals surface area contributed by atoms with Crippen molar-refractivity contribution in [3.8, 4) is 5.75 Å². The smallest absolute Gasteiger partial charge is 0.252 e. The predicted molar refractivity (Wildman–Crippen MR) is 105 cm³/mol. The quantitative estimate of drug-likeness (QED) is 0.786. The van der Waals surface area contributed by atoms with Gasteiger partial charge in [-0.25, -0.2) is 8.42 Å². The maximum atomic E-state index is 13.2. The van der Waals surface area contributed by atoms with Gasteiger partial charge in [0.1, 0.15) is 16.6 Å². The van der Waals surface area contributed by atoms with E-state index in [-0.39, 0.29) is 18.4 Å². The summed E-state index contributed by atoms with van der Waals surface area (Å²) >= 11 is 1.28. The van der Waals surface area contributed by atoms with E-state index in [1.54, 1.807) is 11.0 Å². The second-order valence-corrected chi connectivity index (χ2v) is 10.3. The van der Waals surface area contributed by atoms with Gasteiger partial charge in [0.2, 0.25) is 5.91 Å². The molecule has 0 spiro atoms. The van der Waals surface area contributed by atoms with E-state index >= 15 is 0 Å². The molecule has 2 aliphatic heterocycles. The number of thiophene rings is 1. The van der Waals surface area contributed by atoms with E-state index in [4.69, 9.17) is 4.74 Å². The molecule has 0 aliphatic carbocycles. The minimum atomic E-state index is -3.54. The number of amides is 1. The molecule has 1 fully saturated rings. The normalized spacial score (nSPS) is 20.8. The minimum absolute atomic E-state index is 0.0204. The Hall–Kier alpha value is -1.90. The molecule has 0 N–H and O–H groups in total. The number of benzene rings is 1. The topological polar surface area (TPSA) is 66.9 Å². The first-order chi connectivity index (χ1) is 13.0. The molecule has 0 bridgehead atoms. The van der Waals surface area contributed by atoms with Crippen molar-refractivity contribution < 1.29 is 17.9 Å². The van der Waals surface area contributed by atoms with Crippen LogP contribution >= 0.6 is 11.3 Å². The van der Waals surface area contributed by atoms with Gasteiger partial charge in [-0.05, 0) is 44.0 Å². The number of para-hydroxylation sites is 2. The second-order valence-electron chi connectivity index (χ2n) is 6.87. The Balaban J connectivity index is 1.54. The van der Waals surface area contributed by atoms with E-state index in [0.717, 1.165) is 10.6 Å². The molecule has 3 heterocycles. The second kappa shape index (κ2) is 7.26. The first-order valence-corrected chi connectivity index (χ1v) is 11.3. The Morgan fingerprint density at radius 2 is 2.00 bits per heavy atom. The molecule has 4 rings (SSSR count). The van der Waals surface area contributed by atoms with Gasteiger partial charge in [-0.2, -0.15) is 4.31 Å². The molecule has 1 atom stereocenters. The number of sulfonamides is 1. The fourth-order valence-electron chi connectivity index (χ4n) is 3.66. The van der Waals surface area contributed by atoms with Crippen LogP contribution in [0.4, 0.5) is 5.69 Å². The summed E-state index contributed by atoms with van der Waals surface area (Å²) in [5.41, 5.74) is 0.766. The van der Waals surface area contributed by atoms with Crippen molar-refractivity contribution in [2.45, 2.75) is 24.0 Å². The third-order valence-electron chi connectivity index (χ3n) is 5.04. The van der Waals surface area contributed by atoms with Crippen molar-refractivity contribution in [2.24, 2.45) is 5.92 Å². The van der Waals surface area contributed by atoms with Crippen LogP contribution in [0.25, 0.3) is 0 Å². The zero-order chi connectivity index (χ0) is 19.0. The average molecular weight is 407 g/mol. The molecular weight excluding hydrogens is 384 g/mol. The van der Waals surface area contributed by atoms with Gasteiger partial charge in [-0.15, -0.1) is 11.3 Å². The Bertz CT molecular complexity index is 954. The molecule has 1 saturated heterocycles. The van der Waals surface area contributed by atoms with Crippen LogP contribution in [0.2, 0.25) is 0 Å². The fourth-order valence-corrected chi connectivity index (χ4v) is 6.62. The summed E-state index contributed by atoms with van der Waals surface area (Å²) < 4.78 is 33.3. The van der Waals surface area contributed by atoms with Gasteiger partial charge < -0.3 is 9.64 Å². The van der Waals surface area contributed by atoms with E-state index < -0.39 is 10.0 Å². The summed E-state index contributed by atoms with van der Waals surface area (Å²) in [6, 6.07) is 11.0. The number of piperidine rings is 1. The molecule has 1 unspecified atom stereocenters. The maximum absolute atomic E-state index is 13.2.